The zero-order chi connectivity index (χ0) is 25.6. The van der Waals surface area contributed by atoms with Crippen LogP contribution in [0, 0.1) is 0 Å². The van der Waals surface area contributed by atoms with E-state index in [1.54, 1.807) is 49.6 Å². The smallest absolute Gasteiger partial charge is 0.321 e. The lowest BCUT2D eigenvalue weighted by Gasteiger charge is -2.20. The number of carbonyl (C=O) groups is 3. The number of anilines is 1. The zero-order valence-electron chi connectivity index (χ0n) is 20.2. The first-order valence-electron chi connectivity index (χ1n) is 10.8. The number of urea groups is 1. The Bertz CT molecular complexity index is 1170. The van der Waals surface area contributed by atoms with E-state index < -0.39 is 17.5 Å². The number of hydrogen-bond acceptors (Lipinski definition) is 7. The highest BCUT2D eigenvalue weighted by atomic mass is 32.2. The van der Waals surface area contributed by atoms with Crippen molar-refractivity contribution < 1.29 is 23.9 Å². The number of carbonyl (C=O) groups excluding carboxylic acids is 3. The molecule has 10 heteroatoms. The lowest BCUT2D eigenvalue weighted by Crippen LogP contribution is -2.48. The average Bonchev–Trinajstić information content (AvgIpc) is 3.11. The number of ether oxygens (including phenoxy) is 2. The van der Waals surface area contributed by atoms with Crippen LogP contribution in [0.1, 0.15) is 26.3 Å². The molecule has 35 heavy (non-hydrogen) atoms. The number of imide groups is 1. The molecule has 1 heterocycles. The van der Waals surface area contributed by atoms with Gasteiger partial charge in [-0.15, -0.1) is 0 Å². The first-order valence-corrected chi connectivity index (χ1v) is 11.8. The van der Waals surface area contributed by atoms with Crippen molar-refractivity contribution in [2.45, 2.75) is 26.3 Å². The summed E-state index contributed by atoms with van der Waals surface area (Å²) >= 11 is 1.05. The molecule has 2 N–H and O–H groups in total. The molecule has 4 amide bonds. The van der Waals surface area contributed by atoms with E-state index in [1.807, 2.05) is 32.9 Å². The van der Waals surface area contributed by atoms with Crippen LogP contribution in [0.5, 0.6) is 11.5 Å². The second-order valence-corrected chi connectivity index (χ2v) is 9.52. The first-order chi connectivity index (χ1) is 16.6. The van der Waals surface area contributed by atoms with Crippen molar-refractivity contribution in [1.82, 2.24) is 10.6 Å². The molecule has 1 aliphatic heterocycles. The molecule has 0 radical (unpaired) electrons. The van der Waals surface area contributed by atoms with E-state index in [0.717, 1.165) is 17.3 Å². The van der Waals surface area contributed by atoms with Gasteiger partial charge in [-0.25, -0.2) is 9.79 Å². The lowest BCUT2D eigenvalue weighted by atomic mass is 10.1. The van der Waals surface area contributed by atoms with Crippen LogP contribution >= 0.6 is 11.8 Å². The number of thioether (sulfide) groups is 1. The van der Waals surface area contributed by atoms with E-state index in [-0.39, 0.29) is 17.4 Å². The number of methoxy groups -OCH3 is 2. The van der Waals surface area contributed by atoms with Gasteiger partial charge in [0.05, 0.1) is 25.7 Å². The molecule has 0 fully saturated rings. The molecular weight excluding hydrogens is 468 g/mol. The average molecular weight is 497 g/mol. The van der Waals surface area contributed by atoms with Gasteiger partial charge in [-0.2, -0.15) is 0 Å². The van der Waals surface area contributed by atoms with Crippen LogP contribution in [0.25, 0.3) is 6.08 Å². The highest BCUT2D eigenvalue weighted by molar-refractivity contribution is 8.14. The summed E-state index contributed by atoms with van der Waals surface area (Å²) in [5.41, 5.74) is 1.05. The van der Waals surface area contributed by atoms with Crippen LogP contribution in [0.4, 0.5) is 10.5 Å². The summed E-state index contributed by atoms with van der Waals surface area (Å²) in [5.74, 6) is 0.306. The quantitative estimate of drug-likeness (QED) is 0.589. The Morgan fingerprint density at radius 3 is 2.37 bits per heavy atom. The van der Waals surface area contributed by atoms with Gasteiger partial charge in [0.1, 0.15) is 17.2 Å². The molecule has 0 spiro atoms. The van der Waals surface area contributed by atoms with Gasteiger partial charge in [-0.1, -0.05) is 30.0 Å². The van der Waals surface area contributed by atoms with Gasteiger partial charge in [-0.05, 0) is 56.7 Å². The van der Waals surface area contributed by atoms with Gasteiger partial charge in [0, 0.05) is 11.6 Å². The van der Waals surface area contributed by atoms with Crippen LogP contribution in [0.15, 0.2) is 59.2 Å². The summed E-state index contributed by atoms with van der Waals surface area (Å²) in [7, 11) is 3.12. The van der Waals surface area contributed by atoms with Crippen LogP contribution < -0.4 is 25.0 Å². The summed E-state index contributed by atoms with van der Waals surface area (Å²) in [6.45, 7) is 5.44. The summed E-state index contributed by atoms with van der Waals surface area (Å²) in [5, 5.41) is 5.27. The highest BCUT2D eigenvalue weighted by Gasteiger charge is 2.32. The minimum Gasteiger partial charge on any atom is -0.497 e. The van der Waals surface area contributed by atoms with Crippen LogP contribution in [-0.2, 0) is 9.59 Å². The molecule has 0 saturated heterocycles. The van der Waals surface area contributed by atoms with Crippen molar-refractivity contribution in [3.63, 3.8) is 0 Å². The number of hydrogen-bond donors (Lipinski definition) is 2. The Labute approximate surface area is 208 Å². The molecule has 1 aliphatic rings. The third kappa shape index (κ3) is 7.10. The Morgan fingerprint density at radius 2 is 1.74 bits per heavy atom. The standard InChI is InChI=1S/C25H28N4O5S/c1-25(2,3)28-23(32)27-21(30)15-35-24-26-20(13-16-9-11-18(33-4)12-10-16)22(31)29(24)17-7-6-8-19(14-17)34-5/h6-14H,15H2,1-5H3,(H2,27,28,30,32)/b20-13-. The Hall–Kier alpha value is -3.79. The van der Waals surface area contributed by atoms with Gasteiger partial charge < -0.3 is 14.8 Å². The van der Waals surface area contributed by atoms with E-state index in [0.29, 0.717) is 22.4 Å². The summed E-state index contributed by atoms with van der Waals surface area (Å²) < 4.78 is 10.5. The van der Waals surface area contributed by atoms with Crippen LogP contribution in [-0.4, -0.2) is 48.5 Å². The van der Waals surface area contributed by atoms with Crippen molar-refractivity contribution in [2.75, 3.05) is 24.9 Å². The van der Waals surface area contributed by atoms with Crippen molar-refractivity contribution >= 4 is 46.5 Å². The Balaban J connectivity index is 1.83. The van der Waals surface area contributed by atoms with Gasteiger partial charge >= 0.3 is 6.03 Å². The molecule has 0 aromatic heterocycles. The lowest BCUT2D eigenvalue weighted by molar-refractivity contribution is -0.117. The van der Waals surface area contributed by atoms with Gasteiger partial charge in [0.15, 0.2) is 5.17 Å². The number of aliphatic imine (C=N–C) groups is 1. The summed E-state index contributed by atoms with van der Waals surface area (Å²) in [6, 6.07) is 13.6. The maximum absolute atomic E-state index is 13.3. The molecule has 2 aromatic rings. The summed E-state index contributed by atoms with van der Waals surface area (Å²) in [4.78, 5) is 43.6. The predicted molar refractivity (Wildman–Crippen MR) is 138 cm³/mol. The number of amidine groups is 1. The SMILES string of the molecule is COc1ccc(/C=C2\N=C(SCC(=O)NC(=O)NC(C)(C)C)N(c3cccc(OC)c3)C2=O)cc1. The number of benzene rings is 2. The van der Waals surface area contributed by atoms with Crippen molar-refractivity contribution in [3.05, 3.63) is 59.8 Å². The first kappa shape index (κ1) is 25.8. The summed E-state index contributed by atoms with van der Waals surface area (Å²) in [6.07, 6.45) is 1.67. The van der Waals surface area contributed by atoms with Gasteiger partial charge in [-0.3, -0.25) is 19.8 Å². The van der Waals surface area contributed by atoms with Crippen molar-refractivity contribution in [1.29, 1.82) is 0 Å². The molecular formula is C25H28N4O5S. The van der Waals surface area contributed by atoms with Gasteiger partial charge in [0.25, 0.3) is 5.91 Å². The van der Waals surface area contributed by atoms with Gasteiger partial charge in [0.2, 0.25) is 5.91 Å². The largest absolute Gasteiger partial charge is 0.497 e. The number of rotatable bonds is 6. The zero-order valence-corrected chi connectivity index (χ0v) is 21.1. The molecule has 0 bridgehead atoms. The molecule has 0 unspecified atom stereocenters. The second-order valence-electron chi connectivity index (χ2n) is 8.58. The van der Waals surface area contributed by atoms with E-state index in [1.165, 1.54) is 12.0 Å². The number of nitrogens with one attached hydrogen (secondary N) is 2. The minimum atomic E-state index is -0.586. The minimum absolute atomic E-state index is 0.111. The van der Waals surface area contributed by atoms with Crippen molar-refractivity contribution in [3.8, 4) is 11.5 Å². The maximum atomic E-state index is 13.3. The molecule has 184 valence electrons. The van der Waals surface area contributed by atoms with Crippen LogP contribution in [0.2, 0.25) is 0 Å². The monoisotopic (exact) mass is 496 g/mol. The molecule has 0 saturated carbocycles. The van der Waals surface area contributed by atoms with Crippen molar-refractivity contribution in [2.24, 2.45) is 4.99 Å². The third-order valence-electron chi connectivity index (χ3n) is 4.63. The number of nitrogens with zero attached hydrogens (tertiary/aromatic N) is 2. The third-order valence-corrected chi connectivity index (χ3v) is 5.57. The van der Waals surface area contributed by atoms with Crippen LogP contribution in [0.3, 0.4) is 0 Å². The topological polar surface area (TPSA) is 109 Å². The van der Waals surface area contributed by atoms with E-state index in [4.69, 9.17) is 9.47 Å². The fourth-order valence-electron chi connectivity index (χ4n) is 3.09. The Morgan fingerprint density at radius 1 is 1.06 bits per heavy atom. The molecule has 3 rings (SSSR count). The fourth-order valence-corrected chi connectivity index (χ4v) is 3.91. The molecule has 2 aromatic carbocycles. The fraction of sp³-hybridized carbons (Fsp3) is 0.280. The molecule has 9 nitrogen and oxygen atoms in total. The van der Waals surface area contributed by atoms with E-state index >= 15 is 0 Å². The molecule has 0 atom stereocenters. The normalized spacial score (nSPS) is 14.5. The van der Waals surface area contributed by atoms with E-state index in [2.05, 4.69) is 15.6 Å². The predicted octanol–water partition coefficient (Wildman–Crippen LogP) is 3.81. The number of amides is 4. The van der Waals surface area contributed by atoms with E-state index in [9.17, 15) is 14.4 Å². The Kier molecular flexibility index (Phi) is 8.18. The molecule has 0 aliphatic carbocycles. The maximum Gasteiger partial charge on any atom is 0.321 e. The highest BCUT2D eigenvalue weighted by Crippen LogP contribution is 2.31. The second kappa shape index (κ2) is 11.1.